The normalized spacial score (nSPS) is 17.4. The van der Waals surface area contributed by atoms with Crippen LogP contribution in [0.25, 0.3) is 0 Å². The molecule has 0 radical (unpaired) electrons. The number of rotatable bonds is 6. The van der Waals surface area contributed by atoms with Crippen molar-refractivity contribution in [3.63, 3.8) is 0 Å². The highest BCUT2D eigenvalue weighted by molar-refractivity contribution is 5.28. The van der Waals surface area contributed by atoms with Crippen molar-refractivity contribution >= 4 is 5.95 Å². The maximum Gasteiger partial charge on any atom is 0.222 e. The predicted molar refractivity (Wildman–Crippen MR) is 82.6 cm³/mol. The fourth-order valence-electron chi connectivity index (χ4n) is 2.72. The Kier molecular flexibility index (Phi) is 5.73. The highest BCUT2D eigenvalue weighted by Gasteiger charge is 2.15. The molecule has 0 spiro atoms. The zero-order chi connectivity index (χ0) is 14.4. The third kappa shape index (κ3) is 4.42. The number of piperidine rings is 1. The zero-order valence-corrected chi connectivity index (χ0v) is 12.7. The quantitative estimate of drug-likeness (QED) is 0.776. The van der Waals surface area contributed by atoms with E-state index in [1.54, 1.807) is 0 Å². The number of nitrogens with one attached hydrogen (secondary N) is 1. The molecular weight excluding hydrogens is 250 g/mol. The molecule has 0 unspecified atom stereocenters. The van der Waals surface area contributed by atoms with Gasteiger partial charge in [0.05, 0.1) is 0 Å². The van der Waals surface area contributed by atoms with Crippen molar-refractivity contribution in [3.8, 4) is 0 Å². The minimum atomic E-state index is 0.502. The van der Waals surface area contributed by atoms with E-state index >= 15 is 0 Å². The Morgan fingerprint density at radius 3 is 2.80 bits per heavy atom. The fraction of sp³-hybridized carbons (Fsp3) is 0.733. The van der Waals surface area contributed by atoms with Gasteiger partial charge < -0.3 is 16.0 Å². The smallest absolute Gasteiger partial charge is 0.222 e. The first-order valence-corrected chi connectivity index (χ1v) is 7.64. The molecule has 1 aliphatic rings. The van der Waals surface area contributed by atoms with Gasteiger partial charge in [0, 0.05) is 30.5 Å². The number of nitrogens with two attached hydrogens (primary N) is 1. The Labute approximate surface area is 122 Å². The van der Waals surface area contributed by atoms with E-state index in [1.807, 2.05) is 13.1 Å². The summed E-state index contributed by atoms with van der Waals surface area (Å²) in [6, 6.07) is 0. The lowest BCUT2D eigenvalue weighted by Crippen LogP contribution is -2.30. The average molecular weight is 277 g/mol. The van der Waals surface area contributed by atoms with Gasteiger partial charge in [-0.3, -0.25) is 0 Å². The van der Waals surface area contributed by atoms with E-state index < -0.39 is 0 Å². The SMILES string of the molecule is Cc1nc(NCCCC2CCN(C)CC2)ncc1CN. The van der Waals surface area contributed by atoms with Crippen LogP contribution in [0, 0.1) is 12.8 Å². The highest BCUT2D eigenvalue weighted by Crippen LogP contribution is 2.20. The van der Waals surface area contributed by atoms with Crippen LogP contribution in [0.5, 0.6) is 0 Å². The second-order valence-electron chi connectivity index (χ2n) is 5.82. The number of hydrogen-bond donors (Lipinski definition) is 2. The van der Waals surface area contributed by atoms with Crippen LogP contribution in [0.15, 0.2) is 6.20 Å². The second kappa shape index (κ2) is 7.55. The standard InChI is InChI=1S/C15H27N5/c1-12-14(10-16)11-18-15(19-12)17-7-3-4-13-5-8-20(2)9-6-13/h11,13H,3-10,16H2,1-2H3,(H,17,18,19). The Morgan fingerprint density at radius 2 is 2.15 bits per heavy atom. The molecule has 1 fully saturated rings. The minimum Gasteiger partial charge on any atom is -0.354 e. The first-order valence-electron chi connectivity index (χ1n) is 7.64. The monoisotopic (exact) mass is 277 g/mol. The highest BCUT2D eigenvalue weighted by atomic mass is 15.1. The Morgan fingerprint density at radius 1 is 1.40 bits per heavy atom. The van der Waals surface area contributed by atoms with E-state index in [-0.39, 0.29) is 0 Å². The molecule has 0 aliphatic carbocycles. The molecule has 1 saturated heterocycles. The molecule has 1 aromatic heterocycles. The van der Waals surface area contributed by atoms with Gasteiger partial charge in [-0.2, -0.15) is 0 Å². The van der Waals surface area contributed by atoms with Gasteiger partial charge in [0.25, 0.3) is 0 Å². The summed E-state index contributed by atoms with van der Waals surface area (Å²) >= 11 is 0. The number of nitrogens with zero attached hydrogens (tertiary/aromatic N) is 3. The largest absolute Gasteiger partial charge is 0.354 e. The molecule has 1 aliphatic heterocycles. The van der Waals surface area contributed by atoms with Crippen molar-refractivity contribution in [1.29, 1.82) is 0 Å². The molecular formula is C15H27N5. The minimum absolute atomic E-state index is 0.502. The van der Waals surface area contributed by atoms with Crippen LogP contribution in [-0.2, 0) is 6.54 Å². The summed E-state index contributed by atoms with van der Waals surface area (Å²) in [5, 5.41) is 3.31. The summed E-state index contributed by atoms with van der Waals surface area (Å²) < 4.78 is 0. The second-order valence-corrected chi connectivity index (χ2v) is 5.82. The Hall–Kier alpha value is -1.20. The lowest BCUT2D eigenvalue weighted by Gasteiger charge is -2.28. The van der Waals surface area contributed by atoms with Crippen LogP contribution in [0.4, 0.5) is 5.95 Å². The average Bonchev–Trinajstić information content (AvgIpc) is 2.46. The molecule has 20 heavy (non-hydrogen) atoms. The number of likely N-dealkylation sites (tertiary alicyclic amines) is 1. The van der Waals surface area contributed by atoms with Crippen molar-refractivity contribution in [2.75, 3.05) is 32.0 Å². The molecule has 1 aromatic rings. The van der Waals surface area contributed by atoms with Crippen molar-refractivity contribution < 1.29 is 0 Å². The van der Waals surface area contributed by atoms with Crippen LogP contribution >= 0.6 is 0 Å². The number of anilines is 1. The molecule has 0 saturated carbocycles. The van der Waals surface area contributed by atoms with E-state index in [9.17, 15) is 0 Å². The molecule has 0 aromatic carbocycles. The first-order chi connectivity index (χ1) is 9.69. The number of hydrogen-bond acceptors (Lipinski definition) is 5. The lowest BCUT2D eigenvalue weighted by atomic mass is 9.92. The van der Waals surface area contributed by atoms with Crippen molar-refractivity contribution in [1.82, 2.24) is 14.9 Å². The zero-order valence-electron chi connectivity index (χ0n) is 12.7. The first kappa shape index (κ1) is 15.2. The molecule has 2 rings (SSSR count). The van der Waals surface area contributed by atoms with Gasteiger partial charge in [-0.05, 0) is 58.7 Å². The fourth-order valence-corrected chi connectivity index (χ4v) is 2.72. The molecule has 5 heteroatoms. The van der Waals surface area contributed by atoms with Gasteiger partial charge in [0.15, 0.2) is 0 Å². The van der Waals surface area contributed by atoms with Crippen LogP contribution in [0.3, 0.4) is 0 Å². The Bertz CT molecular complexity index is 413. The van der Waals surface area contributed by atoms with Gasteiger partial charge >= 0.3 is 0 Å². The van der Waals surface area contributed by atoms with Gasteiger partial charge in [0.2, 0.25) is 5.95 Å². The maximum atomic E-state index is 5.61. The molecule has 2 heterocycles. The van der Waals surface area contributed by atoms with E-state index in [2.05, 4.69) is 27.2 Å². The van der Waals surface area contributed by atoms with Crippen molar-refractivity contribution in [2.24, 2.45) is 11.7 Å². The van der Waals surface area contributed by atoms with Gasteiger partial charge in [0.1, 0.15) is 0 Å². The van der Waals surface area contributed by atoms with Gasteiger partial charge in [-0.1, -0.05) is 0 Å². The predicted octanol–water partition coefficient (Wildman–Crippen LogP) is 1.78. The molecule has 0 atom stereocenters. The summed E-state index contributed by atoms with van der Waals surface area (Å²) in [5.41, 5.74) is 7.60. The third-order valence-corrected chi connectivity index (χ3v) is 4.21. The van der Waals surface area contributed by atoms with Crippen molar-refractivity contribution in [2.45, 2.75) is 39.2 Å². The molecule has 0 amide bonds. The topological polar surface area (TPSA) is 67.1 Å². The van der Waals surface area contributed by atoms with Crippen LogP contribution < -0.4 is 11.1 Å². The number of aromatic nitrogens is 2. The maximum absolute atomic E-state index is 5.61. The van der Waals surface area contributed by atoms with E-state index in [0.717, 1.165) is 29.7 Å². The summed E-state index contributed by atoms with van der Waals surface area (Å²) in [6.07, 6.45) is 7.01. The van der Waals surface area contributed by atoms with Crippen LogP contribution in [0.1, 0.15) is 36.9 Å². The summed E-state index contributed by atoms with van der Waals surface area (Å²) in [7, 11) is 2.21. The molecule has 5 nitrogen and oxygen atoms in total. The van der Waals surface area contributed by atoms with E-state index in [0.29, 0.717) is 6.54 Å². The van der Waals surface area contributed by atoms with E-state index in [1.165, 1.54) is 38.8 Å². The van der Waals surface area contributed by atoms with Gasteiger partial charge in [-0.25, -0.2) is 9.97 Å². The van der Waals surface area contributed by atoms with Crippen molar-refractivity contribution in [3.05, 3.63) is 17.5 Å². The van der Waals surface area contributed by atoms with E-state index in [4.69, 9.17) is 5.73 Å². The summed E-state index contributed by atoms with van der Waals surface area (Å²) in [4.78, 5) is 11.1. The Balaban J connectivity index is 1.67. The lowest BCUT2D eigenvalue weighted by molar-refractivity contribution is 0.211. The summed E-state index contributed by atoms with van der Waals surface area (Å²) in [5.74, 6) is 1.62. The molecule has 112 valence electrons. The number of aryl methyl sites for hydroxylation is 1. The molecule has 0 bridgehead atoms. The third-order valence-electron chi connectivity index (χ3n) is 4.21. The van der Waals surface area contributed by atoms with Gasteiger partial charge in [-0.15, -0.1) is 0 Å². The summed E-state index contributed by atoms with van der Waals surface area (Å²) in [6.45, 7) is 5.94. The van der Waals surface area contributed by atoms with Crippen LogP contribution in [-0.4, -0.2) is 41.5 Å². The molecule has 3 N–H and O–H groups in total. The van der Waals surface area contributed by atoms with Crippen LogP contribution in [0.2, 0.25) is 0 Å².